The molecule has 1 aromatic rings. The van der Waals surface area contributed by atoms with E-state index in [1.54, 1.807) is 23.2 Å². The van der Waals surface area contributed by atoms with E-state index in [4.69, 9.17) is 0 Å². The summed E-state index contributed by atoms with van der Waals surface area (Å²) < 4.78 is 6.16. The molecular weight excluding hydrogens is 156 g/mol. The van der Waals surface area contributed by atoms with Gasteiger partial charge in [0, 0.05) is 24.7 Å². The van der Waals surface area contributed by atoms with Crippen LogP contribution in [0.1, 0.15) is 5.82 Å². The third-order valence-corrected chi connectivity index (χ3v) is 1.43. The molecule has 0 radical (unpaired) electrons. The van der Waals surface area contributed by atoms with E-state index in [1.165, 1.54) is 13.2 Å². The Bertz CT molecular complexity index is 302. The molecule has 1 heterocycles. The van der Waals surface area contributed by atoms with Gasteiger partial charge < -0.3 is 9.30 Å². The molecule has 1 rings (SSSR count). The summed E-state index contributed by atoms with van der Waals surface area (Å²) in [6.45, 7) is 1.85. The zero-order valence-electron chi connectivity index (χ0n) is 7.02. The van der Waals surface area contributed by atoms with Crippen molar-refractivity contribution >= 4 is 12.2 Å². The molecule has 0 unspecified atom stereocenters. The van der Waals surface area contributed by atoms with Gasteiger partial charge in [0.25, 0.3) is 0 Å². The Morgan fingerprint density at radius 1 is 1.75 bits per heavy atom. The van der Waals surface area contributed by atoms with Gasteiger partial charge >= 0.3 is 5.97 Å². The summed E-state index contributed by atoms with van der Waals surface area (Å²) in [7, 11) is 1.34. The number of esters is 1. The van der Waals surface area contributed by atoms with Crippen molar-refractivity contribution in [2.45, 2.75) is 6.92 Å². The van der Waals surface area contributed by atoms with Crippen LogP contribution in [0.3, 0.4) is 0 Å². The van der Waals surface area contributed by atoms with Gasteiger partial charge in [-0.05, 0) is 6.92 Å². The number of hydrogen-bond acceptors (Lipinski definition) is 3. The Labute approximate surface area is 70.5 Å². The van der Waals surface area contributed by atoms with Crippen LogP contribution < -0.4 is 0 Å². The maximum absolute atomic E-state index is 10.7. The monoisotopic (exact) mass is 166 g/mol. The summed E-state index contributed by atoms with van der Waals surface area (Å²) >= 11 is 0. The maximum Gasteiger partial charge on any atom is 0.331 e. The number of rotatable bonds is 2. The average molecular weight is 166 g/mol. The lowest BCUT2D eigenvalue weighted by molar-refractivity contribution is -0.134. The normalized spacial score (nSPS) is 10.5. The van der Waals surface area contributed by atoms with Crippen LogP contribution in [0.15, 0.2) is 18.5 Å². The van der Waals surface area contributed by atoms with Crippen LogP contribution >= 0.6 is 0 Å². The minimum Gasteiger partial charge on any atom is -0.466 e. The van der Waals surface area contributed by atoms with Gasteiger partial charge in [-0.3, -0.25) is 0 Å². The van der Waals surface area contributed by atoms with Gasteiger partial charge in [-0.25, -0.2) is 9.78 Å². The highest BCUT2D eigenvalue weighted by molar-refractivity contribution is 5.84. The molecule has 0 aromatic carbocycles. The Kier molecular flexibility index (Phi) is 2.63. The molecule has 1 aromatic heterocycles. The van der Waals surface area contributed by atoms with Crippen LogP contribution in [0.2, 0.25) is 0 Å². The lowest BCUT2D eigenvalue weighted by atomic mass is 10.6. The molecule has 0 aliphatic heterocycles. The number of methoxy groups -OCH3 is 1. The highest BCUT2D eigenvalue weighted by Gasteiger charge is 1.93. The van der Waals surface area contributed by atoms with E-state index in [1.807, 2.05) is 6.92 Å². The molecule has 4 nitrogen and oxygen atoms in total. The standard InChI is InChI=1S/C8H10N2O2/c1-7-9-4-6-10(7)5-3-8(11)12-2/h3-6H,1-2H3/b5-3-. The summed E-state index contributed by atoms with van der Waals surface area (Å²) in [6, 6.07) is 0. The van der Waals surface area contributed by atoms with Crippen LogP contribution in [-0.4, -0.2) is 22.6 Å². The summed E-state index contributed by atoms with van der Waals surface area (Å²) in [5, 5.41) is 0. The second-order valence-corrected chi connectivity index (χ2v) is 2.22. The molecular formula is C8H10N2O2. The molecule has 0 saturated heterocycles. The molecule has 0 atom stereocenters. The van der Waals surface area contributed by atoms with Gasteiger partial charge in [0.05, 0.1) is 7.11 Å². The van der Waals surface area contributed by atoms with E-state index in [9.17, 15) is 4.79 Å². The minimum atomic E-state index is -0.372. The molecule has 0 aliphatic rings. The lowest BCUT2D eigenvalue weighted by Gasteiger charge is -1.94. The van der Waals surface area contributed by atoms with Gasteiger partial charge in [0.2, 0.25) is 0 Å². The van der Waals surface area contributed by atoms with Gasteiger partial charge in [0.15, 0.2) is 0 Å². The molecule has 0 fully saturated rings. The molecule has 4 heteroatoms. The fraction of sp³-hybridized carbons (Fsp3) is 0.250. The third-order valence-electron chi connectivity index (χ3n) is 1.43. The van der Waals surface area contributed by atoms with Crippen molar-refractivity contribution in [1.82, 2.24) is 9.55 Å². The van der Waals surface area contributed by atoms with E-state index < -0.39 is 0 Å². The quantitative estimate of drug-likeness (QED) is 0.483. The van der Waals surface area contributed by atoms with E-state index >= 15 is 0 Å². The predicted molar refractivity (Wildman–Crippen MR) is 44.3 cm³/mol. The first-order chi connectivity index (χ1) is 5.74. The summed E-state index contributed by atoms with van der Waals surface area (Å²) in [4.78, 5) is 14.7. The van der Waals surface area contributed by atoms with Gasteiger partial charge in [0.1, 0.15) is 5.82 Å². The average Bonchev–Trinajstić information content (AvgIpc) is 2.47. The van der Waals surface area contributed by atoms with E-state index in [-0.39, 0.29) is 5.97 Å². The highest BCUT2D eigenvalue weighted by Crippen LogP contribution is 1.95. The summed E-state index contributed by atoms with van der Waals surface area (Å²) in [5.74, 6) is 0.457. The van der Waals surface area contributed by atoms with Crippen molar-refractivity contribution in [1.29, 1.82) is 0 Å². The van der Waals surface area contributed by atoms with Crippen LogP contribution in [-0.2, 0) is 9.53 Å². The maximum atomic E-state index is 10.7. The zero-order chi connectivity index (χ0) is 8.97. The fourth-order valence-corrected chi connectivity index (χ4v) is 0.754. The number of carbonyl (C=O) groups excluding carboxylic acids is 1. The highest BCUT2D eigenvalue weighted by atomic mass is 16.5. The van der Waals surface area contributed by atoms with Crippen LogP contribution in [0, 0.1) is 6.92 Å². The molecule has 0 saturated carbocycles. The first kappa shape index (κ1) is 8.52. The first-order valence-electron chi connectivity index (χ1n) is 3.49. The van der Waals surface area contributed by atoms with E-state index in [0.717, 1.165) is 5.82 Å². The van der Waals surface area contributed by atoms with Gasteiger partial charge in [-0.15, -0.1) is 0 Å². The lowest BCUT2D eigenvalue weighted by Crippen LogP contribution is -1.96. The Morgan fingerprint density at radius 2 is 2.50 bits per heavy atom. The van der Waals surface area contributed by atoms with Crippen LogP contribution in [0.25, 0.3) is 6.20 Å². The van der Waals surface area contributed by atoms with Gasteiger partial charge in [-0.2, -0.15) is 0 Å². The topological polar surface area (TPSA) is 44.1 Å². The van der Waals surface area contributed by atoms with Crippen molar-refractivity contribution in [3.63, 3.8) is 0 Å². The molecule has 0 spiro atoms. The van der Waals surface area contributed by atoms with Crippen LogP contribution in [0.5, 0.6) is 0 Å². The zero-order valence-corrected chi connectivity index (χ0v) is 7.02. The number of hydrogen-bond donors (Lipinski definition) is 0. The molecule has 12 heavy (non-hydrogen) atoms. The minimum absolute atomic E-state index is 0.372. The van der Waals surface area contributed by atoms with Crippen molar-refractivity contribution in [2.75, 3.05) is 7.11 Å². The first-order valence-corrected chi connectivity index (χ1v) is 3.49. The van der Waals surface area contributed by atoms with Crippen molar-refractivity contribution in [3.8, 4) is 0 Å². The van der Waals surface area contributed by atoms with Gasteiger partial charge in [-0.1, -0.05) is 0 Å². The smallest absolute Gasteiger partial charge is 0.331 e. The second kappa shape index (κ2) is 3.71. The molecule has 0 aliphatic carbocycles. The van der Waals surface area contributed by atoms with Crippen molar-refractivity contribution in [3.05, 3.63) is 24.3 Å². The largest absolute Gasteiger partial charge is 0.466 e. The summed E-state index contributed by atoms with van der Waals surface area (Å²) in [6.07, 6.45) is 6.37. The Morgan fingerprint density at radius 3 is 3.00 bits per heavy atom. The Balaban J connectivity index is 2.69. The Hall–Kier alpha value is -1.58. The molecule has 64 valence electrons. The third kappa shape index (κ3) is 1.95. The number of aryl methyl sites for hydroxylation is 1. The number of imidazole rings is 1. The van der Waals surface area contributed by atoms with Crippen molar-refractivity contribution < 1.29 is 9.53 Å². The number of carbonyl (C=O) groups is 1. The number of ether oxygens (including phenoxy) is 1. The second-order valence-electron chi connectivity index (χ2n) is 2.22. The predicted octanol–water partition coefficient (Wildman–Crippen LogP) is 0.835. The molecule has 0 N–H and O–H groups in total. The number of nitrogens with zero attached hydrogens (tertiary/aromatic N) is 2. The molecule has 0 amide bonds. The SMILES string of the molecule is COC(=O)/C=C\n1ccnc1C. The summed E-state index contributed by atoms with van der Waals surface area (Å²) in [5.41, 5.74) is 0. The van der Waals surface area contributed by atoms with E-state index in [2.05, 4.69) is 9.72 Å². The van der Waals surface area contributed by atoms with Crippen LogP contribution in [0.4, 0.5) is 0 Å². The number of aromatic nitrogens is 2. The van der Waals surface area contributed by atoms with Crippen molar-refractivity contribution in [2.24, 2.45) is 0 Å². The van der Waals surface area contributed by atoms with E-state index in [0.29, 0.717) is 0 Å². The fourth-order valence-electron chi connectivity index (χ4n) is 0.754. The molecule has 0 bridgehead atoms.